The Bertz CT molecular complexity index is 342. The van der Waals surface area contributed by atoms with E-state index in [0.29, 0.717) is 29.7 Å². The number of nitrogens with one attached hydrogen (secondary N) is 1. The second kappa shape index (κ2) is 6.46. The van der Waals surface area contributed by atoms with Crippen molar-refractivity contribution in [1.29, 1.82) is 0 Å². The lowest BCUT2D eigenvalue weighted by Crippen LogP contribution is -2.50. The van der Waals surface area contributed by atoms with Crippen LogP contribution in [0.3, 0.4) is 0 Å². The number of nitrogens with zero attached hydrogens (tertiary/aromatic N) is 1. The van der Waals surface area contributed by atoms with Gasteiger partial charge in [-0.2, -0.15) is 0 Å². The van der Waals surface area contributed by atoms with E-state index in [9.17, 15) is 4.79 Å². The molecule has 1 aliphatic carbocycles. The predicted octanol–water partition coefficient (Wildman–Crippen LogP) is 3.39. The molecule has 0 bridgehead atoms. The summed E-state index contributed by atoms with van der Waals surface area (Å²) in [6.45, 7) is 11.1. The Morgan fingerprint density at radius 1 is 1.25 bits per heavy atom. The van der Waals surface area contributed by atoms with Gasteiger partial charge in [0.25, 0.3) is 0 Å². The maximum atomic E-state index is 12.9. The summed E-state index contributed by atoms with van der Waals surface area (Å²) in [6.07, 6.45) is 6.35. The topological polar surface area (TPSA) is 32.3 Å². The Kier molecular flexibility index (Phi) is 5.11. The average Bonchev–Trinajstić information content (AvgIpc) is 2.76. The van der Waals surface area contributed by atoms with Crippen molar-refractivity contribution in [3.05, 3.63) is 0 Å². The quantitative estimate of drug-likeness (QED) is 0.856. The molecule has 0 aromatic rings. The van der Waals surface area contributed by atoms with Gasteiger partial charge in [-0.15, -0.1) is 0 Å². The van der Waals surface area contributed by atoms with Gasteiger partial charge in [0.05, 0.1) is 12.2 Å². The highest BCUT2D eigenvalue weighted by atomic mass is 16.2. The minimum Gasteiger partial charge on any atom is -0.322 e. The van der Waals surface area contributed by atoms with Crippen molar-refractivity contribution in [3.8, 4) is 0 Å². The van der Waals surface area contributed by atoms with Gasteiger partial charge in [-0.25, -0.2) is 0 Å². The van der Waals surface area contributed by atoms with Gasteiger partial charge in [-0.05, 0) is 30.6 Å². The van der Waals surface area contributed by atoms with Gasteiger partial charge in [0.1, 0.15) is 0 Å². The Hall–Kier alpha value is -0.570. The van der Waals surface area contributed by atoms with Crippen molar-refractivity contribution >= 4 is 5.91 Å². The highest BCUT2D eigenvalue weighted by Gasteiger charge is 2.46. The molecule has 1 N–H and O–H groups in total. The number of carbonyl (C=O) groups excluding carboxylic acids is 1. The van der Waals surface area contributed by atoms with E-state index in [1.165, 1.54) is 25.7 Å². The zero-order chi connectivity index (χ0) is 14.9. The van der Waals surface area contributed by atoms with Gasteiger partial charge in [0.15, 0.2) is 0 Å². The summed E-state index contributed by atoms with van der Waals surface area (Å²) < 4.78 is 0. The van der Waals surface area contributed by atoms with E-state index in [0.717, 1.165) is 6.42 Å². The standard InChI is InChI=1S/C17H32N2O/c1-6-12(4)15-17(20)19(16(18-15)11(2)3)14-10-8-7-9-13(14)5/h11-16,18H,6-10H2,1-5H3. The Balaban J connectivity index is 2.21. The molecule has 1 saturated heterocycles. The number of amides is 1. The Morgan fingerprint density at radius 2 is 1.90 bits per heavy atom. The smallest absolute Gasteiger partial charge is 0.241 e. The van der Waals surface area contributed by atoms with E-state index in [4.69, 9.17) is 0 Å². The van der Waals surface area contributed by atoms with Crippen molar-refractivity contribution in [1.82, 2.24) is 10.2 Å². The first-order chi connectivity index (χ1) is 9.47. The molecule has 0 aromatic heterocycles. The first kappa shape index (κ1) is 15.8. The monoisotopic (exact) mass is 280 g/mol. The molecular formula is C17H32N2O. The number of carbonyl (C=O) groups is 1. The summed E-state index contributed by atoms with van der Waals surface area (Å²) in [4.78, 5) is 15.2. The molecule has 3 heteroatoms. The molecule has 1 heterocycles. The zero-order valence-corrected chi connectivity index (χ0v) is 13.9. The molecule has 5 atom stereocenters. The summed E-state index contributed by atoms with van der Waals surface area (Å²) >= 11 is 0. The Morgan fingerprint density at radius 3 is 2.45 bits per heavy atom. The van der Waals surface area contributed by atoms with E-state index < -0.39 is 0 Å². The van der Waals surface area contributed by atoms with Crippen LogP contribution in [0, 0.1) is 17.8 Å². The molecule has 1 saturated carbocycles. The Labute approximate surface area is 124 Å². The molecule has 2 fully saturated rings. The maximum Gasteiger partial charge on any atom is 0.241 e. The van der Waals surface area contributed by atoms with Crippen molar-refractivity contribution in [2.45, 2.75) is 85.0 Å². The third-order valence-electron chi connectivity index (χ3n) is 5.44. The summed E-state index contributed by atoms with van der Waals surface area (Å²) in [5.41, 5.74) is 0. The minimum atomic E-state index is 0.0292. The lowest BCUT2D eigenvalue weighted by atomic mass is 9.84. The fourth-order valence-corrected chi connectivity index (χ4v) is 3.87. The SMILES string of the molecule is CCC(C)C1NC(C(C)C)N(C2CCCCC2C)C1=O. The highest BCUT2D eigenvalue weighted by molar-refractivity contribution is 5.85. The van der Waals surface area contributed by atoms with Crippen LogP contribution in [0.4, 0.5) is 0 Å². The fraction of sp³-hybridized carbons (Fsp3) is 0.941. The van der Waals surface area contributed by atoms with Gasteiger partial charge in [0.2, 0.25) is 5.91 Å². The van der Waals surface area contributed by atoms with Crippen LogP contribution in [0.15, 0.2) is 0 Å². The molecule has 2 aliphatic rings. The lowest BCUT2D eigenvalue weighted by Gasteiger charge is -2.40. The highest BCUT2D eigenvalue weighted by Crippen LogP contribution is 2.34. The van der Waals surface area contributed by atoms with Crippen LogP contribution in [0.25, 0.3) is 0 Å². The molecule has 0 aromatic carbocycles. The normalized spacial score (nSPS) is 36.7. The first-order valence-electron chi connectivity index (χ1n) is 8.55. The molecule has 3 nitrogen and oxygen atoms in total. The fourth-order valence-electron chi connectivity index (χ4n) is 3.87. The summed E-state index contributed by atoms with van der Waals surface area (Å²) in [6, 6.07) is 0.478. The number of hydrogen-bond donors (Lipinski definition) is 1. The van der Waals surface area contributed by atoms with E-state index in [2.05, 4.69) is 44.8 Å². The van der Waals surface area contributed by atoms with E-state index in [1.807, 2.05) is 0 Å². The number of hydrogen-bond acceptors (Lipinski definition) is 2. The number of rotatable bonds is 4. The van der Waals surface area contributed by atoms with Crippen LogP contribution < -0.4 is 5.32 Å². The van der Waals surface area contributed by atoms with Gasteiger partial charge in [-0.1, -0.05) is 53.9 Å². The van der Waals surface area contributed by atoms with Crippen molar-refractivity contribution in [2.75, 3.05) is 0 Å². The molecule has 1 amide bonds. The molecule has 0 spiro atoms. The van der Waals surface area contributed by atoms with Crippen LogP contribution in [0.2, 0.25) is 0 Å². The van der Waals surface area contributed by atoms with Crippen LogP contribution in [0.1, 0.15) is 66.7 Å². The maximum absolute atomic E-state index is 12.9. The van der Waals surface area contributed by atoms with E-state index in [1.54, 1.807) is 0 Å². The largest absolute Gasteiger partial charge is 0.322 e. The first-order valence-corrected chi connectivity index (χ1v) is 8.55. The van der Waals surface area contributed by atoms with Crippen molar-refractivity contribution in [3.63, 3.8) is 0 Å². The third-order valence-corrected chi connectivity index (χ3v) is 5.44. The van der Waals surface area contributed by atoms with Crippen LogP contribution in [0.5, 0.6) is 0 Å². The van der Waals surface area contributed by atoms with Crippen LogP contribution in [-0.2, 0) is 4.79 Å². The van der Waals surface area contributed by atoms with E-state index in [-0.39, 0.29) is 12.2 Å². The zero-order valence-electron chi connectivity index (χ0n) is 13.9. The second-order valence-electron chi connectivity index (χ2n) is 7.29. The summed E-state index contributed by atoms with van der Waals surface area (Å²) in [7, 11) is 0. The summed E-state index contributed by atoms with van der Waals surface area (Å²) in [5.74, 6) is 1.90. The molecular weight excluding hydrogens is 248 g/mol. The molecule has 1 aliphatic heterocycles. The molecule has 20 heavy (non-hydrogen) atoms. The summed E-state index contributed by atoms with van der Waals surface area (Å²) in [5, 5.41) is 3.64. The predicted molar refractivity (Wildman–Crippen MR) is 83.3 cm³/mol. The third kappa shape index (κ3) is 2.88. The van der Waals surface area contributed by atoms with Crippen molar-refractivity contribution in [2.24, 2.45) is 17.8 Å². The van der Waals surface area contributed by atoms with Crippen LogP contribution in [-0.4, -0.2) is 29.1 Å². The van der Waals surface area contributed by atoms with E-state index >= 15 is 0 Å². The van der Waals surface area contributed by atoms with Gasteiger partial charge in [0, 0.05) is 6.04 Å². The molecule has 0 radical (unpaired) electrons. The average molecular weight is 280 g/mol. The molecule has 5 unspecified atom stereocenters. The van der Waals surface area contributed by atoms with Crippen molar-refractivity contribution < 1.29 is 4.79 Å². The van der Waals surface area contributed by atoms with Gasteiger partial charge >= 0.3 is 0 Å². The van der Waals surface area contributed by atoms with Gasteiger partial charge in [-0.3, -0.25) is 10.1 Å². The molecule has 2 rings (SSSR count). The molecule has 116 valence electrons. The second-order valence-corrected chi connectivity index (χ2v) is 7.29. The minimum absolute atomic E-state index is 0.0292. The lowest BCUT2D eigenvalue weighted by molar-refractivity contribution is -0.135. The van der Waals surface area contributed by atoms with Crippen LogP contribution >= 0.6 is 0 Å². The van der Waals surface area contributed by atoms with Gasteiger partial charge < -0.3 is 4.90 Å².